The van der Waals surface area contributed by atoms with Gasteiger partial charge in [0.15, 0.2) is 0 Å². The first kappa shape index (κ1) is 44.2. The van der Waals surface area contributed by atoms with Crippen molar-refractivity contribution in [3.05, 3.63) is 94.1 Å². The minimum atomic E-state index is -2.56. The number of para-hydroxylation sites is 1. The zero-order chi connectivity index (χ0) is 38.5. The summed E-state index contributed by atoms with van der Waals surface area (Å²) in [6.07, 6.45) is 9.29. The van der Waals surface area contributed by atoms with E-state index in [4.69, 9.17) is 26.6 Å². The molecule has 278 valence electrons. The summed E-state index contributed by atoms with van der Waals surface area (Å²) in [7, 11) is 3.44. The van der Waals surface area contributed by atoms with Crippen LogP contribution in [0.25, 0.3) is 5.57 Å². The Morgan fingerprint density at radius 3 is 2.29 bits per heavy atom. The molecule has 0 bridgehead atoms. The highest BCUT2D eigenvalue weighted by atomic mass is 19.3. The quantitative estimate of drug-likeness (QED) is 0.0793. The van der Waals surface area contributed by atoms with Gasteiger partial charge in [-0.05, 0) is 61.4 Å². The average molecular weight is 705 g/mol. The van der Waals surface area contributed by atoms with Gasteiger partial charge in [-0.15, -0.1) is 0 Å². The largest absolute Gasteiger partial charge is 0.494 e. The van der Waals surface area contributed by atoms with Crippen LogP contribution in [-0.2, 0) is 6.54 Å². The molecule has 2 fully saturated rings. The molecule has 1 aliphatic carbocycles. The second-order valence-electron chi connectivity index (χ2n) is 11.9. The number of nitrogens with two attached hydrogens (primary N) is 1. The molecule has 1 aromatic carbocycles. The molecule has 0 radical (unpaired) electrons. The minimum Gasteiger partial charge on any atom is -0.494 e. The lowest BCUT2D eigenvalue weighted by atomic mass is 10.0. The van der Waals surface area contributed by atoms with E-state index in [-0.39, 0.29) is 22.8 Å². The Hall–Kier alpha value is -4.82. The van der Waals surface area contributed by atoms with E-state index in [1.807, 2.05) is 51.1 Å². The van der Waals surface area contributed by atoms with E-state index in [1.165, 1.54) is 24.1 Å². The van der Waals surface area contributed by atoms with Gasteiger partial charge in [-0.25, -0.2) is 13.8 Å². The Morgan fingerprint density at radius 2 is 1.82 bits per heavy atom. The molecule has 0 atom stereocenters. The molecular weight excluding hydrogens is 646 g/mol. The van der Waals surface area contributed by atoms with Crippen LogP contribution in [0.2, 0.25) is 0 Å². The predicted octanol–water partition coefficient (Wildman–Crippen LogP) is 9.37. The van der Waals surface area contributed by atoms with E-state index >= 15 is 0 Å². The van der Waals surface area contributed by atoms with Gasteiger partial charge in [-0.3, -0.25) is 15.7 Å². The Morgan fingerprint density at radius 1 is 1.18 bits per heavy atom. The maximum absolute atomic E-state index is 12.6. The molecule has 6 N–H and O–H groups in total. The Kier molecular flexibility index (Phi) is 20.4. The summed E-state index contributed by atoms with van der Waals surface area (Å²) in [5.41, 5.74) is 11.5. The molecule has 1 saturated carbocycles. The number of hydrogen-bond acceptors (Lipinski definition) is 8. The first-order valence-electron chi connectivity index (χ1n) is 17.7. The number of halogens is 2. The number of benzene rings is 1. The normalized spacial score (nSPS) is 14.1. The number of amidine groups is 1. The molecule has 11 heteroatoms. The molecule has 0 amide bonds. The van der Waals surface area contributed by atoms with E-state index in [2.05, 4.69) is 60.4 Å². The summed E-state index contributed by atoms with van der Waals surface area (Å²) in [5, 5.41) is 31.5. The maximum Gasteiger partial charge on any atom is 0.264 e. The summed E-state index contributed by atoms with van der Waals surface area (Å²) in [6.45, 7) is 16.9. The molecule has 1 aliphatic heterocycles. The van der Waals surface area contributed by atoms with Crippen LogP contribution >= 0.6 is 0 Å². The monoisotopic (exact) mass is 704 g/mol. The molecule has 0 spiro atoms. The number of methoxy groups -OCH3 is 1. The predicted molar refractivity (Wildman–Crippen MR) is 208 cm³/mol. The van der Waals surface area contributed by atoms with Gasteiger partial charge in [0.2, 0.25) is 0 Å². The van der Waals surface area contributed by atoms with Crippen LogP contribution in [0.5, 0.6) is 5.75 Å². The van der Waals surface area contributed by atoms with E-state index < -0.39 is 6.43 Å². The molecule has 1 aromatic heterocycles. The van der Waals surface area contributed by atoms with Crippen LogP contribution in [0, 0.1) is 28.1 Å². The smallest absolute Gasteiger partial charge is 0.264 e. The van der Waals surface area contributed by atoms with Crippen molar-refractivity contribution >= 4 is 22.8 Å². The van der Waals surface area contributed by atoms with Gasteiger partial charge in [0, 0.05) is 43.9 Å². The topological polar surface area (TPSA) is 147 Å². The first-order chi connectivity index (χ1) is 24.5. The highest BCUT2D eigenvalue weighted by Crippen LogP contribution is 2.36. The van der Waals surface area contributed by atoms with Crippen molar-refractivity contribution < 1.29 is 13.5 Å². The van der Waals surface area contributed by atoms with Gasteiger partial charge < -0.3 is 21.1 Å². The third-order valence-electron chi connectivity index (χ3n) is 7.36. The fraction of sp³-hybridized carbons (Fsp3) is 0.450. The summed E-state index contributed by atoms with van der Waals surface area (Å²) in [5.74, 6) is 1.21. The van der Waals surface area contributed by atoms with Crippen molar-refractivity contribution in [1.29, 1.82) is 16.1 Å². The Labute approximate surface area is 304 Å². The zero-order valence-corrected chi connectivity index (χ0v) is 31.9. The Balaban J connectivity index is 0.000000499. The number of pyridine rings is 1. The van der Waals surface area contributed by atoms with E-state index in [0.29, 0.717) is 35.3 Å². The van der Waals surface area contributed by atoms with E-state index in [1.54, 1.807) is 14.2 Å². The molecule has 0 unspecified atom stereocenters. The van der Waals surface area contributed by atoms with Crippen LogP contribution < -0.4 is 21.1 Å². The molecule has 9 nitrogen and oxygen atoms in total. The number of nitriles is 1. The number of aromatic nitrogens is 1. The molecular formula is C40H58F2N8O. The second-order valence-corrected chi connectivity index (χ2v) is 11.9. The SMILES string of the molecule is C/C=C(\C=C/CC)c1cccc(N/C(=C/C(=N)N)C(=N)C(NC)=C2CC2)c1OC.CC.CC1CN(Cc2cc(C(F)F)cc(C#N)n2)C1.CCC. The van der Waals surface area contributed by atoms with Crippen LogP contribution in [0.4, 0.5) is 14.5 Å². The number of alkyl halides is 2. The van der Waals surface area contributed by atoms with Gasteiger partial charge >= 0.3 is 0 Å². The lowest BCUT2D eigenvalue weighted by Gasteiger charge is -2.36. The number of rotatable bonds is 13. The van der Waals surface area contributed by atoms with E-state index in [0.717, 1.165) is 55.3 Å². The molecule has 51 heavy (non-hydrogen) atoms. The lowest BCUT2D eigenvalue weighted by molar-refractivity contribution is 0.103. The van der Waals surface area contributed by atoms with Crippen LogP contribution in [0.3, 0.4) is 0 Å². The molecule has 2 aliphatic rings. The van der Waals surface area contributed by atoms with Crippen molar-refractivity contribution in [3.8, 4) is 11.8 Å². The van der Waals surface area contributed by atoms with Crippen molar-refractivity contribution in [1.82, 2.24) is 15.2 Å². The summed E-state index contributed by atoms with van der Waals surface area (Å²) < 4.78 is 30.9. The number of allylic oxidation sites excluding steroid dienone is 5. The van der Waals surface area contributed by atoms with Crippen molar-refractivity contribution in [2.75, 3.05) is 32.6 Å². The first-order valence-corrected chi connectivity index (χ1v) is 17.7. The van der Waals surface area contributed by atoms with Gasteiger partial charge in [-0.1, -0.05) is 78.3 Å². The van der Waals surface area contributed by atoms with Gasteiger partial charge in [-0.2, -0.15) is 5.26 Å². The number of hydrogen-bond donors (Lipinski definition) is 5. The van der Waals surface area contributed by atoms with Gasteiger partial charge in [0.1, 0.15) is 29.1 Å². The summed E-state index contributed by atoms with van der Waals surface area (Å²) >= 11 is 0. The highest BCUT2D eigenvalue weighted by molar-refractivity contribution is 6.15. The number of nitrogens with one attached hydrogen (secondary N) is 4. The van der Waals surface area contributed by atoms with Crippen molar-refractivity contribution in [2.24, 2.45) is 11.7 Å². The van der Waals surface area contributed by atoms with Crippen molar-refractivity contribution in [2.45, 2.75) is 87.1 Å². The van der Waals surface area contributed by atoms with E-state index in [9.17, 15) is 8.78 Å². The number of nitrogens with zero attached hydrogens (tertiary/aromatic N) is 3. The second kappa shape index (κ2) is 23.6. The number of likely N-dealkylation sites (tertiary alicyclic amines) is 1. The molecule has 4 rings (SSSR count). The number of ether oxygens (including phenoxy) is 1. The van der Waals surface area contributed by atoms with Gasteiger partial charge in [0.05, 0.1) is 29.9 Å². The number of anilines is 1. The highest BCUT2D eigenvalue weighted by Gasteiger charge is 2.24. The summed E-state index contributed by atoms with van der Waals surface area (Å²) in [6, 6.07) is 10.2. The molecule has 2 heterocycles. The van der Waals surface area contributed by atoms with Gasteiger partial charge in [0.25, 0.3) is 6.43 Å². The third kappa shape index (κ3) is 14.5. The maximum atomic E-state index is 12.6. The average Bonchev–Trinajstić information content (AvgIpc) is 3.94. The lowest BCUT2D eigenvalue weighted by Crippen LogP contribution is -2.44. The summed E-state index contributed by atoms with van der Waals surface area (Å²) in [4.78, 5) is 6.17. The van der Waals surface area contributed by atoms with Crippen LogP contribution in [-0.4, -0.2) is 48.7 Å². The van der Waals surface area contributed by atoms with Crippen molar-refractivity contribution in [3.63, 3.8) is 0 Å². The fourth-order valence-electron chi connectivity index (χ4n) is 5.13. The third-order valence-corrected chi connectivity index (χ3v) is 7.36. The molecule has 2 aromatic rings. The zero-order valence-electron chi connectivity index (χ0n) is 31.9. The fourth-order valence-corrected chi connectivity index (χ4v) is 5.13. The van der Waals surface area contributed by atoms with Crippen LogP contribution in [0.15, 0.2) is 71.6 Å². The molecule has 1 saturated heterocycles. The Bertz CT molecular complexity index is 1590. The standard InChI is InChI=1S/C23H31N5O.C12H13F2N3.C3H8.C2H6/c1-5-7-9-15(6-2)17-10-8-11-18(23(17)29-4)28-19(14-20(24)25)21(26)22(27-3)16-12-13-16;1-8-5-17(6-8)7-11-3-9(12(13)14)2-10(4-15)16-11;1-3-2;1-2/h6-11,14,26-28H,5,12-13H2,1-4H3,(H3,24,25);2-3,8,12H,5-7H2,1H3;3H2,1-2H3;1-2H3/b9-7-,15-6+,19-14+,26-21?;;;. The van der Waals surface area contributed by atoms with Crippen LogP contribution in [0.1, 0.15) is 103 Å². The minimum absolute atomic E-state index is 0.0615.